The molecular weight excluding hydrogens is 731 g/mol. The molecule has 6 nitrogen and oxygen atoms in total. The number of nitrogens with one attached hydrogen (secondary N) is 1. The van der Waals surface area contributed by atoms with Gasteiger partial charge in [0, 0.05) is 12.8 Å². The van der Waals surface area contributed by atoms with Crippen molar-refractivity contribution in [3.8, 4) is 0 Å². The topological polar surface area (TPSA) is 95.9 Å². The summed E-state index contributed by atoms with van der Waals surface area (Å²) < 4.78 is 5.45. The molecule has 0 rings (SSSR count). The number of esters is 1. The molecule has 0 aliphatic heterocycles. The van der Waals surface area contributed by atoms with Crippen LogP contribution in [-0.2, 0) is 14.3 Å². The van der Waals surface area contributed by atoms with Crippen LogP contribution in [0.1, 0.15) is 277 Å². The number of aliphatic hydroxyl groups excluding tert-OH is 2. The summed E-state index contributed by atoms with van der Waals surface area (Å²) in [6, 6.07) is -0.647. The molecule has 6 heteroatoms. The van der Waals surface area contributed by atoms with Gasteiger partial charge in [-0.15, -0.1) is 0 Å². The maximum Gasteiger partial charge on any atom is 0.305 e. The Hall–Kier alpha value is -1.66. The monoisotopic (exact) mass is 832 g/mol. The van der Waals surface area contributed by atoms with E-state index in [1.54, 1.807) is 6.08 Å². The quantitative estimate of drug-likeness (QED) is 0.0322. The van der Waals surface area contributed by atoms with E-state index in [0.717, 1.165) is 70.6 Å². The van der Waals surface area contributed by atoms with Crippen LogP contribution in [0.15, 0.2) is 24.3 Å². The molecule has 2 unspecified atom stereocenters. The van der Waals surface area contributed by atoms with Crippen LogP contribution in [0.25, 0.3) is 0 Å². The highest BCUT2D eigenvalue weighted by Gasteiger charge is 2.18. The molecule has 3 N–H and O–H groups in total. The smallest absolute Gasteiger partial charge is 0.305 e. The number of rotatable bonds is 48. The van der Waals surface area contributed by atoms with Crippen molar-refractivity contribution in [1.82, 2.24) is 5.32 Å². The molecule has 0 bridgehead atoms. The third-order valence-electron chi connectivity index (χ3n) is 12.0. The van der Waals surface area contributed by atoms with E-state index in [1.807, 2.05) is 6.08 Å². The number of aliphatic hydroxyl groups is 2. The number of ether oxygens (including phenoxy) is 1. The zero-order chi connectivity index (χ0) is 43.0. The number of unbranched alkanes of at least 4 members (excludes halogenated alkanes) is 35. The molecule has 348 valence electrons. The molecule has 1 amide bonds. The average molecular weight is 832 g/mol. The molecule has 0 aromatic heterocycles. The van der Waals surface area contributed by atoms with Crippen LogP contribution < -0.4 is 5.32 Å². The van der Waals surface area contributed by atoms with Crippen molar-refractivity contribution in [3.63, 3.8) is 0 Å². The lowest BCUT2D eigenvalue weighted by Gasteiger charge is -2.19. The van der Waals surface area contributed by atoms with Gasteiger partial charge in [0.1, 0.15) is 0 Å². The van der Waals surface area contributed by atoms with E-state index in [9.17, 15) is 19.8 Å². The number of hydrogen-bond acceptors (Lipinski definition) is 5. The predicted octanol–water partition coefficient (Wildman–Crippen LogP) is 15.5. The van der Waals surface area contributed by atoms with Crippen molar-refractivity contribution in [2.24, 2.45) is 0 Å². The highest BCUT2D eigenvalue weighted by atomic mass is 16.5. The van der Waals surface area contributed by atoms with Gasteiger partial charge in [-0.1, -0.05) is 231 Å². The minimum atomic E-state index is -0.860. The van der Waals surface area contributed by atoms with Crippen LogP contribution in [0, 0.1) is 0 Å². The highest BCUT2D eigenvalue weighted by Crippen LogP contribution is 2.16. The second kappa shape index (κ2) is 49.0. The van der Waals surface area contributed by atoms with E-state index >= 15 is 0 Å². The zero-order valence-electron chi connectivity index (χ0n) is 39.5. The minimum absolute atomic E-state index is 0.0127. The summed E-state index contributed by atoms with van der Waals surface area (Å²) in [6.07, 6.45) is 57.5. The molecule has 59 heavy (non-hydrogen) atoms. The van der Waals surface area contributed by atoms with Gasteiger partial charge in [-0.2, -0.15) is 0 Å². The lowest BCUT2D eigenvalue weighted by Crippen LogP contribution is -2.45. The molecule has 0 aromatic rings. The Bertz CT molecular complexity index is 920. The summed E-state index contributed by atoms with van der Waals surface area (Å²) in [5, 5.41) is 23.0. The van der Waals surface area contributed by atoms with Gasteiger partial charge < -0.3 is 20.3 Å². The normalized spacial score (nSPS) is 12.8. The molecule has 0 heterocycles. The van der Waals surface area contributed by atoms with Crippen molar-refractivity contribution < 1.29 is 24.5 Å². The van der Waals surface area contributed by atoms with Crippen LogP contribution in [0.4, 0.5) is 0 Å². The second-order valence-electron chi connectivity index (χ2n) is 17.9. The number of hydrogen-bond donors (Lipinski definition) is 3. The maximum absolute atomic E-state index is 12.4. The Morgan fingerprint density at radius 3 is 1.22 bits per heavy atom. The van der Waals surface area contributed by atoms with Crippen LogP contribution >= 0.6 is 0 Å². The summed E-state index contributed by atoms with van der Waals surface area (Å²) in [7, 11) is 0. The molecule has 0 radical (unpaired) electrons. The van der Waals surface area contributed by atoms with Gasteiger partial charge in [0.05, 0.1) is 25.4 Å². The van der Waals surface area contributed by atoms with E-state index in [2.05, 4.69) is 31.3 Å². The largest absolute Gasteiger partial charge is 0.466 e. The van der Waals surface area contributed by atoms with Crippen molar-refractivity contribution in [2.75, 3.05) is 13.2 Å². The number of carbonyl (C=O) groups is 2. The third kappa shape index (κ3) is 45.7. The maximum atomic E-state index is 12.4. The van der Waals surface area contributed by atoms with Gasteiger partial charge in [-0.05, 0) is 57.8 Å². The summed E-state index contributed by atoms with van der Waals surface area (Å²) in [4.78, 5) is 24.4. The number of amides is 1. The van der Waals surface area contributed by atoms with E-state index in [4.69, 9.17) is 4.74 Å². The fourth-order valence-electron chi connectivity index (χ4n) is 7.92. The zero-order valence-corrected chi connectivity index (χ0v) is 39.5. The Morgan fingerprint density at radius 1 is 0.458 bits per heavy atom. The number of allylic oxidation sites excluding steroid dienone is 3. The van der Waals surface area contributed by atoms with Crippen LogP contribution in [-0.4, -0.2) is 47.4 Å². The summed E-state index contributed by atoms with van der Waals surface area (Å²) >= 11 is 0. The van der Waals surface area contributed by atoms with E-state index in [-0.39, 0.29) is 18.5 Å². The molecule has 2 atom stereocenters. The molecule has 0 saturated carbocycles. The van der Waals surface area contributed by atoms with Crippen LogP contribution in [0.3, 0.4) is 0 Å². The second-order valence-corrected chi connectivity index (χ2v) is 17.9. The molecule has 0 spiro atoms. The molecule has 0 aliphatic carbocycles. The van der Waals surface area contributed by atoms with E-state index in [0.29, 0.717) is 19.4 Å². The first kappa shape index (κ1) is 57.3. The van der Waals surface area contributed by atoms with Crippen LogP contribution in [0.5, 0.6) is 0 Å². The number of carbonyl (C=O) groups excluding carboxylic acids is 2. The SMILES string of the molecule is CCCCCCCCCCCCCCCC/C=C/C(O)C(CO)NC(=O)CCCCC/C=C\CCCCCCCCOC(=O)CCCCCCCCCCCCCCC. The van der Waals surface area contributed by atoms with Crippen molar-refractivity contribution in [3.05, 3.63) is 24.3 Å². The summed E-state index contributed by atoms with van der Waals surface area (Å²) in [5.74, 6) is -0.110. The molecule has 0 saturated heterocycles. The molecule has 0 fully saturated rings. The van der Waals surface area contributed by atoms with Crippen molar-refractivity contribution in [2.45, 2.75) is 289 Å². The van der Waals surface area contributed by atoms with Gasteiger partial charge in [0.2, 0.25) is 5.91 Å². The van der Waals surface area contributed by atoms with Gasteiger partial charge in [0.25, 0.3) is 0 Å². The standard InChI is InChI=1S/C53H101NO5/c1-3-5-7-9-11-13-15-17-18-19-22-25-29-33-37-41-45-51(56)50(49-55)54-52(57)46-42-38-34-30-26-23-20-24-28-32-36-40-44-48-59-53(58)47-43-39-35-31-27-21-16-14-12-10-8-6-4-2/h23,26,41,45,50-51,55-56H,3-22,24-25,27-40,42-44,46-49H2,1-2H3,(H,54,57)/b26-23-,45-41+. The first-order chi connectivity index (χ1) is 29.0. The summed E-state index contributed by atoms with van der Waals surface area (Å²) in [6.45, 7) is 4.86. The molecule has 0 aliphatic rings. The van der Waals surface area contributed by atoms with Crippen molar-refractivity contribution in [1.29, 1.82) is 0 Å². The lowest BCUT2D eigenvalue weighted by molar-refractivity contribution is -0.143. The summed E-state index contributed by atoms with van der Waals surface area (Å²) in [5.41, 5.74) is 0. The van der Waals surface area contributed by atoms with Gasteiger partial charge in [-0.3, -0.25) is 9.59 Å². The Morgan fingerprint density at radius 2 is 0.797 bits per heavy atom. The van der Waals surface area contributed by atoms with Gasteiger partial charge >= 0.3 is 5.97 Å². The Labute approximate surface area is 367 Å². The molecule has 0 aromatic carbocycles. The average Bonchev–Trinajstić information content (AvgIpc) is 3.24. The predicted molar refractivity (Wildman–Crippen MR) is 255 cm³/mol. The van der Waals surface area contributed by atoms with Gasteiger partial charge in [-0.25, -0.2) is 0 Å². The first-order valence-electron chi connectivity index (χ1n) is 26.1. The van der Waals surface area contributed by atoms with Crippen LogP contribution in [0.2, 0.25) is 0 Å². The van der Waals surface area contributed by atoms with E-state index < -0.39 is 12.1 Å². The van der Waals surface area contributed by atoms with Gasteiger partial charge in [0.15, 0.2) is 0 Å². The lowest BCUT2D eigenvalue weighted by atomic mass is 10.0. The third-order valence-corrected chi connectivity index (χ3v) is 12.0. The fourth-order valence-corrected chi connectivity index (χ4v) is 7.92. The first-order valence-corrected chi connectivity index (χ1v) is 26.1. The minimum Gasteiger partial charge on any atom is -0.466 e. The van der Waals surface area contributed by atoms with E-state index in [1.165, 1.54) is 180 Å². The highest BCUT2D eigenvalue weighted by molar-refractivity contribution is 5.76. The Balaban J connectivity index is 3.53. The molecular formula is C53H101NO5. The Kier molecular flexibility index (Phi) is 47.6. The fraction of sp³-hybridized carbons (Fsp3) is 0.887. The van der Waals surface area contributed by atoms with Crippen molar-refractivity contribution >= 4 is 11.9 Å².